The van der Waals surface area contributed by atoms with Crippen LogP contribution in [0, 0.1) is 15.9 Å². The Bertz CT molecular complexity index is 1150. The van der Waals surface area contributed by atoms with Crippen LogP contribution in [0.3, 0.4) is 0 Å². The van der Waals surface area contributed by atoms with Crippen LogP contribution in [0.1, 0.15) is 23.2 Å². The molecule has 0 radical (unpaired) electrons. The van der Waals surface area contributed by atoms with Crippen LogP contribution in [0.15, 0.2) is 52.8 Å². The number of para-hydroxylation sites is 1. The van der Waals surface area contributed by atoms with Gasteiger partial charge >= 0.3 is 0 Å². The average molecular weight is 442 g/mol. The number of anilines is 2. The first-order valence-electron chi connectivity index (χ1n) is 9.59. The van der Waals surface area contributed by atoms with E-state index in [1.165, 1.54) is 30.6 Å². The van der Waals surface area contributed by atoms with E-state index in [4.69, 9.17) is 0 Å². The Morgan fingerprint density at radius 3 is 2.71 bits per heavy atom. The highest BCUT2D eigenvalue weighted by atomic mass is 32.2. The number of aromatic nitrogens is 3. The Morgan fingerprint density at radius 2 is 2.03 bits per heavy atom. The first-order valence-corrected chi connectivity index (χ1v) is 10.4. The van der Waals surface area contributed by atoms with E-state index in [1.807, 2.05) is 4.90 Å². The molecule has 2 heterocycles. The topological polar surface area (TPSA) is 106 Å². The van der Waals surface area contributed by atoms with Crippen molar-refractivity contribution in [3.05, 3.63) is 64.2 Å². The molecule has 1 N–H and O–H groups in total. The molecular weight excluding hydrogens is 423 g/mol. The molecule has 31 heavy (non-hydrogen) atoms. The highest BCUT2D eigenvalue weighted by molar-refractivity contribution is 7.99. The second-order valence-corrected chi connectivity index (χ2v) is 8.06. The summed E-state index contributed by atoms with van der Waals surface area (Å²) in [7, 11) is 1.72. The van der Waals surface area contributed by atoms with Gasteiger partial charge in [0.1, 0.15) is 17.8 Å². The number of nitrogens with one attached hydrogen (secondary N) is 1. The predicted molar refractivity (Wildman–Crippen MR) is 114 cm³/mol. The van der Waals surface area contributed by atoms with Crippen LogP contribution in [0.4, 0.5) is 21.5 Å². The molecule has 0 atom stereocenters. The summed E-state index contributed by atoms with van der Waals surface area (Å²) in [6.45, 7) is 1.57. The number of aryl methyl sites for hydroxylation is 1. The van der Waals surface area contributed by atoms with Crippen molar-refractivity contribution < 1.29 is 14.1 Å². The number of hydrogen-bond acceptors (Lipinski definition) is 7. The largest absolute Gasteiger partial charge is 0.370 e. The van der Waals surface area contributed by atoms with Crippen molar-refractivity contribution in [1.29, 1.82) is 0 Å². The van der Waals surface area contributed by atoms with Crippen molar-refractivity contribution in [2.24, 2.45) is 7.05 Å². The van der Waals surface area contributed by atoms with Crippen LogP contribution < -0.4 is 10.2 Å². The molecule has 2 aromatic carbocycles. The van der Waals surface area contributed by atoms with Gasteiger partial charge in [0.25, 0.3) is 11.6 Å². The van der Waals surface area contributed by atoms with Gasteiger partial charge in [-0.15, -0.1) is 10.2 Å². The van der Waals surface area contributed by atoms with Crippen molar-refractivity contribution in [2.45, 2.75) is 22.9 Å². The van der Waals surface area contributed by atoms with Crippen LogP contribution in [-0.4, -0.2) is 38.7 Å². The van der Waals surface area contributed by atoms with Crippen molar-refractivity contribution in [2.75, 3.05) is 23.3 Å². The summed E-state index contributed by atoms with van der Waals surface area (Å²) in [5.41, 5.74) is 0.503. The maximum atomic E-state index is 14.5. The van der Waals surface area contributed by atoms with Gasteiger partial charge in [0.15, 0.2) is 5.16 Å². The van der Waals surface area contributed by atoms with Gasteiger partial charge in [-0.3, -0.25) is 14.9 Å². The number of nitro groups is 1. The number of carbonyl (C=O) groups is 1. The lowest BCUT2D eigenvalue weighted by Gasteiger charge is -2.22. The molecular formula is C20H19FN6O3S. The number of nitro benzene ring substituents is 1. The third-order valence-corrected chi connectivity index (χ3v) is 6.08. The molecule has 160 valence electrons. The van der Waals surface area contributed by atoms with Gasteiger partial charge in [0.05, 0.1) is 15.5 Å². The number of carbonyl (C=O) groups excluding carboxylic acids is 1. The zero-order chi connectivity index (χ0) is 22.0. The number of nitrogens with zero attached hydrogens (tertiary/aromatic N) is 5. The molecule has 0 spiro atoms. The van der Waals surface area contributed by atoms with Gasteiger partial charge in [0.2, 0.25) is 0 Å². The van der Waals surface area contributed by atoms with Crippen LogP contribution in [0.25, 0.3) is 0 Å². The molecule has 1 aliphatic rings. The summed E-state index contributed by atoms with van der Waals surface area (Å²) >= 11 is 1.07. The number of halogens is 1. The van der Waals surface area contributed by atoms with Crippen LogP contribution in [0.5, 0.6) is 0 Å². The SMILES string of the molecule is Cn1cnnc1Sc1ccc(C(=O)Nc2c(F)cccc2N2CCCC2)cc1[N+](=O)[O-]. The zero-order valence-corrected chi connectivity index (χ0v) is 17.4. The summed E-state index contributed by atoms with van der Waals surface area (Å²) < 4.78 is 16.2. The highest BCUT2D eigenvalue weighted by Gasteiger charge is 2.23. The monoisotopic (exact) mass is 442 g/mol. The minimum atomic E-state index is -0.621. The van der Waals surface area contributed by atoms with E-state index >= 15 is 0 Å². The summed E-state index contributed by atoms with van der Waals surface area (Å²) in [4.78, 5) is 26.2. The minimum Gasteiger partial charge on any atom is -0.370 e. The molecule has 9 nitrogen and oxygen atoms in total. The fraction of sp³-hybridized carbons (Fsp3) is 0.250. The zero-order valence-electron chi connectivity index (χ0n) is 16.6. The Hall–Kier alpha value is -3.47. The highest BCUT2D eigenvalue weighted by Crippen LogP contribution is 2.35. The summed E-state index contributed by atoms with van der Waals surface area (Å²) in [6.07, 6.45) is 3.49. The Kier molecular flexibility index (Phi) is 5.85. The molecule has 0 aliphatic carbocycles. The van der Waals surface area contributed by atoms with Gasteiger partial charge in [-0.2, -0.15) is 0 Å². The number of benzene rings is 2. The van der Waals surface area contributed by atoms with E-state index < -0.39 is 16.6 Å². The van der Waals surface area contributed by atoms with Crippen molar-refractivity contribution in [3.63, 3.8) is 0 Å². The van der Waals surface area contributed by atoms with Crippen LogP contribution >= 0.6 is 11.8 Å². The molecule has 4 rings (SSSR count). The van der Waals surface area contributed by atoms with Crippen molar-refractivity contribution in [1.82, 2.24) is 14.8 Å². The minimum absolute atomic E-state index is 0.0599. The maximum absolute atomic E-state index is 14.5. The lowest BCUT2D eigenvalue weighted by atomic mass is 10.1. The Morgan fingerprint density at radius 1 is 1.26 bits per heavy atom. The van der Waals surface area contributed by atoms with Crippen LogP contribution in [0.2, 0.25) is 0 Å². The van der Waals surface area contributed by atoms with E-state index in [-0.39, 0.29) is 16.9 Å². The molecule has 0 saturated carbocycles. The number of rotatable bonds is 6. The van der Waals surface area contributed by atoms with Gasteiger partial charge in [-0.05, 0) is 48.9 Å². The normalized spacial score (nSPS) is 13.4. The van der Waals surface area contributed by atoms with E-state index in [2.05, 4.69) is 15.5 Å². The fourth-order valence-corrected chi connectivity index (χ4v) is 4.24. The summed E-state index contributed by atoms with van der Waals surface area (Å²) in [6, 6.07) is 8.77. The lowest BCUT2D eigenvalue weighted by Crippen LogP contribution is -2.22. The Labute approximate surface area is 181 Å². The second kappa shape index (κ2) is 8.72. The first kappa shape index (κ1) is 20.8. The third kappa shape index (κ3) is 4.36. The first-order chi connectivity index (χ1) is 14.9. The van der Waals surface area contributed by atoms with E-state index in [9.17, 15) is 19.3 Å². The van der Waals surface area contributed by atoms with Crippen molar-refractivity contribution in [3.8, 4) is 0 Å². The van der Waals surface area contributed by atoms with E-state index in [0.717, 1.165) is 37.7 Å². The molecule has 1 aromatic heterocycles. The quantitative estimate of drug-likeness (QED) is 0.456. The van der Waals surface area contributed by atoms with Gasteiger partial charge in [0, 0.05) is 31.8 Å². The number of amides is 1. The van der Waals surface area contributed by atoms with E-state index in [1.54, 1.807) is 23.7 Å². The number of hydrogen-bond donors (Lipinski definition) is 1. The molecule has 3 aromatic rings. The third-order valence-electron chi connectivity index (χ3n) is 4.97. The molecule has 11 heteroatoms. The fourth-order valence-electron chi connectivity index (χ4n) is 3.39. The summed E-state index contributed by atoms with van der Waals surface area (Å²) in [5, 5.41) is 22.3. The smallest absolute Gasteiger partial charge is 0.284 e. The molecule has 1 saturated heterocycles. The van der Waals surface area contributed by atoms with E-state index in [0.29, 0.717) is 15.7 Å². The Balaban J connectivity index is 1.62. The average Bonchev–Trinajstić information content (AvgIpc) is 3.42. The predicted octanol–water partition coefficient (Wildman–Crippen LogP) is 3.87. The van der Waals surface area contributed by atoms with Crippen LogP contribution in [-0.2, 0) is 7.05 Å². The van der Waals surface area contributed by atoms with Gasteiger partial charge < -0.3 is 14.8 Å². The van der Waals surface area contributed by atoms with Crippen molar-refractivity contribution >= 4 is 34.7 Å². The lowest BCUT2D eigenvalue weighted by molar-refractivity contribution is -0.387. The molecule has 0 bridgehead atoms. The molecule has 1 aliphatic heterocycles. The summed E-state index contributed by atoms with van der Waals surface area (Å²) in [5.74, 6) is -1.18. The molecule has 0 unspecified atom stereocenters. The van der Waals surface area contributed by atoms with Gasteiger partial charge in [-0.1, -0.05) is 6.07 Å². The molecule has 1 amide bonds. The maximum Gasteiger partial charge on any atom is 0.284 e. The van der Waals surface area contributed by atoms with Gasteiger partial charge in [-0.25, -0.2) is 4.39 Å². The standard InChI is InChI=1S/C20H19FN6O3S/c1-25-12-22-24-20(25)31-17-8-7-13(11-16(17)27(29)30)19(28)23-18-14(21)5-4-6-15(18)26-9-2-3-10-26/h4-8,11-12H,2-3,9-10H2,1H3,(H,23,28). The second-order valence-electron chi connectivity index (χ2n) is 7.05. The molecule has 1 fully saturated rings.